The van der Waals surface area contributed by atoms with Crippen LogP contribution >= 0.6 is 0 Å². The molecule has 2 aliphatic rings. The Morgan fingerprint density at radius 3 is 2.23 bits per heavy atom. The molecule has 3 amide bonds. The standard InChI is InChI=1S/C21H21N3O6.C7H8.C4H10.CH5N/c25-10-4-9-22-11-18-23(12-19(22)26)20(27)14-30-24(18)21(28)29-13-16-7-3-6-15-5-1-2-8-17(15)16;1-7-5-3-2-4-6-7;1-3-4-2;1-2/h1-3,5-8,10,18H,4,9,11-14H2;2-6H,1H3;3-4H2,1-2H3;2H2,1H3. The van der Waals surface area contributed by atoms with Gasteiger partial charge in [0.15, 0.2) is 12.8 Å². The molecule has 3 aromatic carbocycles. The molecule has 0 saturated carbocycles. The van der Waals surface area contributed by atoms with Crippen molar-refractivity contribution < 1.29 is 28.8 Å². The lowest BCUT2D eigenvalue weighted by atomic mass is 10.1. The fourth-order valence-electron chi connectivity index (χ4n) is 4.25. The number of hydroxylamine groups is 2. The number of amides is 3. The zero-order valence-corrected chi connectivity index (χ0v) is 25.6. The molecule has 3 aromatic rings. The van der Waals surface area contributed by atoms with Crippen molar-refractivity contribution in [3.8, 4) is 0 Å². The molecule has 5 rings (SSSR count). The summed E-state index contributed by atoms with van der Waals surface area (Å²) in [6, 6.07) is 23.8. The van der Waals surface area contributed by atoms with Crippen LogP contribution < -0.4 is 5.73 Å². The Bertz CT molecular complexity index is 1300. The van der Waals surface area contributed by atoms with Crippen LogP contribution in [-0.2, 0) is 30.6 Å². The molecule has 232 valence electrons. The first-order valence-electron chi connectivity index (χ1n) is 14.5. The van der Waals surface area contributed by atoms with Crippen molar-refractivity contribution in [1.82, 2.24) is 14.9 Å². The molecule has 0 spiro atoms. The smallest absolute Gasteiger partial charge is 0.436 e. The van der Waals surface area contributed by atoms with Crippen LogP contribution in [0.4, 0.5) is 4.79 Å². The van der Waals surface area contributed by atoms with Crippen LogP contribution in [-0.4, -0.2) is 78.5 Å². The number of rotatable bonds is 6. The first kappa shape index (κ1) is 34.9. The zero-order valence-electron chi connectivity index (χ0n) is 25.6. The highest BCUT2D eigenvalue weighted by Gasteiger charge is 2.44. The maximum absolute atomic E-state index is 12.8. The second-order valence-electron chi connectivity index (χ2n) is 9.74. The number of nitrogens with two attached hydrogens (primary N) is 1. The summed E-state index contributed by atoms with van der Waals surface area (Å²) in [5.74, 6) is -0.645. The number of nitrogens with zero attached hydrogens (tertiary/aromatic N) is 3. The quantitative estimate of drug-likeness (QED) is 0.412. The number of carbonyl (C=O) groups excluding carboxylic acids is 4. The van der Waals surface area contributed by atoms with E-state index >= 15 is 0 Å². The highest BCUT2D eigenvalue weighted by atomic mass is 16.7. The number of benzene rings is 3. The van der Waals surface area contributed by atoms with Crippen LogP contribution in [0.15, 0.2) is 72.8 Å². The Morgan fingerprint density at radius 2 is 1.60 bits per heavy atom. The topological polar surface area (TPSA) is 122 Å². The Morgan fingerprint density at radius 1 is 0.953 bits per heavy atom. The molecule has 10 heteroatoms. The molecule has 2 aliphatic heterocycles. The molecule has 10 nitrogen and oxygen atoms in total. The van der Waals surface area contributed by atoms with Gasteiger partial charge in [-0.1, -0.05) is 105 Å². The normalized spacial score (nSPS) is 15.6. The number of hydrogen-bond acceptors (Lipinski definition) is 7. The summed E-state index contributed by atoms with van der Waals surface area (Å²) in [4.78, 5) is 56.0. The average Bonchev–Trinajstić information content (AvgIpc) is 3.05. The minimum Gasteiger partial charge on any atom is -0.443 e. The van der Waals surface area contributed by atoms with E-state index in [-0.39, 0.29) is 51.1 Å². The second-order valence-corrected chi connectivity index (χ2v) is 9.74. The number of unbranched alkanes of at least 4 members (excludes halogenated alkanes) is 1. The van der Waals surface area contributed by atoms with Gasteiger partial charge in [-0.05, 0) is 30.3 Å². The Labute approximate surface area is 254 Å². The number of carbonyl (C=O) groups is 4. The maximum Gasteiger partial charge on any atom is 0.436 e. The van der Waals surface area contributed by atoms with E-state index in [4.69, 9.17) is 9.57 Å². The third kappa shape index (κ3) is 10.5. The van der Waals surface area contributed by atoms with Crippen molar-refractivity contribution in [3.63, 3.8) is 0 Å². The Balaban J connectivity index is 0.000000416. The summed E-state index contributed by atoms with van der Waals surface area (Å²) in [6.45, 7) is 6.25. The van der Waals surface area contributed by atoms with Crippen molar-refractivity contribution in [2.45, 2.75) is 52.8 Å². The summed E-state index contributed by atoms with van der Waals surface area (Å²) < 4.78 is 5.47. The molecule has 2 N–H and O–H groups in total. The van der Waals surface area contributed by atoms with Gasteiger partial charge in [-0.15, -0.1) is 0 Å². The molecule has 2 fully saturated rings. The molecular formula is C33H44N4O6. The predicted molar refractivity (Wildman–Crippen MR) is 167 cm³/mol. The van der Waals surface area contributed by atoms with Crippen LogP contribution in [0.2, 0.25) is 0 Å². The summed E-state index contributed by atoms with van der Waals surface area (Å²) in [7, 11) is 1.50. The van der Waals surface area contributed by atoms with Crippen LogP contribution in [0.1, 0.15) is 44.2 Å². The van der Waals surface area contributed by atoms with Gasteiger partial charge in [-0.2, -0.15) is 5.06 Å². The molecule has 0 aromatic heterocycles. The van der Waals surface area contributed by atoms with E-state index in [9.17, 15) is 19.2 Å². The van der Waals surface area contributed by atoms with Crippen molar-refractivity contribution >= 4 is 35.0 Å². The van der Waals surface area contributed by atoms with E-state index in [1.54, 1.807) is 0 Å². The van der Waals surface area contributed by atoms with E-state index in [0.29, 0.717) is 0 Å². The van der Waals surface area contributed by atoms with Gasteiger partial charge in [0.1, 0.15) is 19.4 Å². The van der Waals surface area contributed by atoms with Crippen molar-refractivity contribution in [2.75, 3.05) is 33.3 Å². The SMILES string of the molecule is CCCC.CN.Cc1ccccc1.O=CCCN1CC2N(CC1=O)C(=O)CON2C(=O)OCc1cccc2ccccc12. The largest absolute Gasteiger partial charge is 0.443 e. The van der Waals surface area contributed by atoms with Gasteiger partial charge in [-0.3, -0.25) is 14.4 Å². The van der Waals surface area contributed by atoms with Crippen molar-refractivity contribution in [2.24, 2.45) is 5.73 Å². The van der Waals surface area contributed by atoms with Crippen LogP contribution in [0, 0.1) is 6.92 Å². The lowest BCUT2D eigenvalue weighted by Gasteiger charge is -2.46. The Kier molecular flexibility index (Phi) is 15.4. The number of hydrogen-bond donors (Lipinski definition) is 1. The first-order valence-corrected chi connectivity index (χ1v) is 14.5. The summed E-state index contributed by atoms with van der Waals surface area (Å²) in [6.07, 6.45) is 2.00. The van der Waals surface area contributed by atoms with Gasteiger partial charge in [0.05, 0.1) is 6.54 Å². The average molecular weight is 593 g/mol. The number of piperazine rings is 1. The highest BCUT2D eigenvalue weighted by Crippen LogP contribution is 2.23. The molecule has 2 heterocycles. The number of ether oxygens (including phenoxy) is 1. The van der Waals surface area contributed by atoms with Gasteiger partial charge in [0.2, 0.25) is 5.91 Å². The Hall–Kier alpha value is -4.28. The molecular weight excluding hydrogens is 548 g/mol. The number of aryl methyl sites for hydroxylation is 1. The van der Waals surface area contributed by atoms with E-state index in [1.165, 1.54) is 35.3 Å². The molecule has 0 bridgehead atoms. The molecule has 43 heavy (non-hydrogen) atoms. The summed E-state index contributed by atoms with van der Waals surface area (Å²) >= 11 is 0. The van der Waals surface area contributed by atoms with E-state index in [2.05, 4.69) is 38.6 Å². The lowest BCUT2D eigenvalue weighted by molar-refractivity contribution is -0.237. The minimum atomic E-state index is -0.796. The summed E-state index contributed by atoms with van der Waals surface area (Å²) in [5, 5.41) is 3.02. The number of fused-ring (bicyclic) bond motifs is 2. The third-order valence-corrected chi connectivity index (χ3v) is 6.69. The van der Waals surface area contributed by atoms with Gasteiger partial charge >= 0.3 is 6.09 Å². The number of aldehydes is 1. The fraction of sp³-hybridized carbons (Fsp3) is 0.394. The van der Waals surface area contributed by atoms with Gasteiger partial charge in [0.25, 0.3) is 5.91 Å². The minimum absolute atomic E-state index is 0.0362. The van der Waals surface area contributed by atoms with E-state index < -0.39 is 12.3 Å². The lowest BCUT2D eigenvalue weighted by Crippen LogP contribution is -2.68. The van der Waals surface area contributed by atoms with Crippen LogP contribution in [0.25, 0.3) is 10.8 Å². The van der Waals surface area contributed by atoms with Crippen molar-refractivity contribution in [1.29, 1.82) is 0 Å². The van der Waals surface area contributed by atoms with Gasteiger partial charge < -0.3 is 25.1 Å². The third-order valence-electron chi connectivity index (χ3n) is 6.69. The van der Waals surface area contributed by atoms with Crippen molar-refractivity contribution in [3.05, 3.63) is 83.9 Å². The zero-order chi connectivity index (χ0) is 31.6. The fourth-order valence-corrected chi connectivity index (χ4v) is 4.25. The van der Waals surface area contributed by atoms with Crippen LogP contribution in [0.3, 0.4) is 0 Å². The highest BCUT2D eigenvalue weighted by molar-refractivity contribution is 5.88. The first-order chi connectivity index (χ1) is 20.9. The molecule has 0 aliphatic carbocycles. The van der Waals surface area contributed by atoms with E-state index in [0.717, 1.165) is 27.7 Å². The second kappa shape index (κ2) is 19.0. The maximum atomic E-state index is 12.8. The van der Waals surface area contributed by atoms with Crippen LogP contribution in [0.5, 0.6) is 0 Å². The predicted octanol–water partition coefficient (Wildman–Crippen LogP) is 4.69. The molecule has 1 atom stereocenters. The van der Waals surface area contributed by atoms with Gasteiger partial charge in [0, 0.05) is 13.0 Å². The monoisotopic (exact) mass is 592 g/mol. The molecule has 1 unspecified atom stereocenters. The molecule has 0 radical (unpaired) electrons. The summed E-state index contributed by atoms with van der Waals surface area (Å²) in [5.41, 5.74) is 6.67. The molecule has 2 saturated heterocycles. The van der Waals surface area contributed by atoms with E-state index in [1.807, 2.05) is 60.7 Å². The van der Waals surface area contributed by atoms with Gasteiger partial charge in [-0.25, -0.2) is 4.79 Å².